The Morgan fingerprint density at radius 1 is 1.08 bits per heavy atom. The molecule has 0 saturated carbocycles. The molecule has 0 saturated heterocycles. The second-order valence-electron chi connectivity index (χ2n) is 7.38. The maximum absolute atomic E-state index is 12.7. The Labute approximate surface area is 155 Å². The second-order valence-corrected chi connectivity index (χ2v) is 12.3. The summed E-state index contributed by atoms with van der Waals surface area (Å²) in [6.45, 7) is 9.40. The van der Waals surface area contributed by atoms with E-state index in [2.05, 4.69) is 20.8 Å². The van der Waals surface area contributed by atoms with Gasteiger partial charge in [-0.25, -0.2) is 8.42 Å². The fourth-order valence-corrected chi connectivity index (χ4v) is 4.53. The van der Waals surface area contributed by atoms with Crippen LogP contribution in [0.5, 0.6) is 0 Å². The number of halogens is 1. The summed E-state index contributed by atoms with van der Waals surface area (Å²) in [5, 5.41) is 0.558. The minimum Gasteiger partial charge on any atom is -0.298 e. The number of ketones is 1. The van der Waals surface area contributed by atoms with Gasteiger partial charge in [-0.1, -0.05) is 44.5 Å². The van der Waals surface area contributed by atoms with Gasteiger partial charge in [-0.3, -0.25) is 4.79 Å². The number of rotatable bonds is 8. The van der Waals surface area contributed by atoms with Crippen molar-refractivity contribution in [2.45, 2.75) is 62.7 Å². The van der Waals surface area contributed by atoms with Crippen molar-refractivity contribution in [3.05, 3.63) is 34.9 Å². The minimum atomic E-state index is -3.59. The largest absolute Gasteiger partial charge is 0.298 e. The van der Waals surface area contributed by atoms with E-state index in [-0.39, 0.29) is 22.7 Å². The number of benzene rings is 1. The molecule has 136 valence electrons. The Morgan fingerprint density at radius 2 is 1.62 bits per heavy atom. The Morgan fingerprint density at radius 3 is 2.12 bits per heavy atom. The first-order valence-electron chi connectivity index (χ1n) is 7.99. The molecule has 0 radical (unpaired) electrons. The molecule has 1 aromatic carbocycles. The Balaban J connectivity index is 2.70. The molecule has 1 rings (SSSR count). The number of carbonyl (C=O) groups is 1. The van der Waals surface area contributed by atoms with Crippen molar-refractivity contribution in [3.8, 4) is 0 Å². The fraction of sp³-hybridized carbons (Fsp3) is 0.611. The highest BCUT2D eigenvalue weighted by molar-refractivity contribution is 8.00. The van der Waals surface area contributed by atoms with Crippen molar-refractivity contribution >= 4 is 39.0 Å². The first-order valence-corrected chi connectivity index (χ1v) is 11.0. The second kappa shape index (κ2) is 8.24. The van der Waals surface area contributed by atoms with Crippen LogP contribution in [0.15, 0.2) is 24.3 Å². The van der Waals surface area contributed by atoms with E-state index in [1.165, 1.54) is 13.8 Å². The summed E-state index contributed by atoms with van der Waals surface area (Å²) in [5.74, 6) is 0.480. The molecule has 6 heteroatoms. The number of thioether (sulfide) groups is 1. The molecule has 0 aliphatic carbocycles. The molecule has 0 atom stereocenters. The molecule has 24 heavy (non-hydrogen) atoms. The van der Waals surface area contributed by atoms with Crippen LogP contribution in [0.25, 0.3) is 0 Å². The van der Waals surface area contributed by atoms with Crippen molar-refractivity contribution in [1.29, 1.82) is 0 Å². The van der Waals surface area contributed by atoms with Crippen molar-refractivity contribution in [2.75, 3.05) is 5.75 Å². The molecule has 0 fully saturated rings. The summed E-state index contributed by atoms with van der Waals surface area (Å²) < 4.78 is 24.1. The number of Topliss-reactive ketones (excluding diaryl/α,β-unsaturated/α-hetero) is 1. The molecule has 0 heterocycles. The highest BCUT2D eigenvalue weighted by Gasteiger charge is 2.40. The molecule has 0 spiro atoms. The summed E-state index contributed by atoms with van der Waals surface area (Å²) in [6, 6.07) is 6.68. The maximum Gasteiger partial charge on any atom is 0.166 e. The Bertz CT molecular complexity index is 656. The van der Waals surface area contributed by atoms with E-state index < -0.39 is 14.6 Å². The summed E-state index contributed by atoms with van der Waals surface area (Å²) in [7, 11) is -3.59. The van der Waals surface area contributed by atoms with Gasteiger partial charge in [0.1, 0.15) is 4.75 Å². The molecule has 0 bridgehead atoms. The number of hydrogen-bond donors (Lipinski definition) is 0. The average Bonchev–Trinajstić information content (AvgIpc) is 2.44. The quantitative estimate of drug-likeness (QED) is 0.591. The fourth-order valence-electron chi connectivity index (χ4n) is 2.07. The van der Waals surface area contributed by atoms with Crippen molar-refractivity contribution in [3.63, 3.8) is 0 Å². The first-order chi connectivity index (χ1) is 10.8. The number of sulfone groups is 1. The Kier molecular flexibility index (Phi) is 7.39. The molecule has 0 aliphatic rings. The molecule has 0 N–H and O–H groups in total. The van der Waals surface area contributed by atoms with Gasteiger partial charge >= 0.3 is 0 Å². The van der Waals surface area contributed by atoms with Crippen LogP contribution in [0.2, 0.25) is 5.02 Å². The standard InChI is InChI=1S/C18H27ClO3S2/c1-17(2,3)23-12-6-7-16(20)18(4,5)24(21,22)13-14-8-10-15(19)11-9-14/h8-11H,6-7,12-13H2,1-5H3. The van der Waals surface area contributed by atoms with E-state index in [1.807, 2.05) is 0 Å². The van der Waals surface area contributed by atoms with Gasteiger partial charge in [0, 0.05) is 16.2 Å². The van der Waals surface area contributed by atoms with Crippen LogP contribution in [0.3, 0.4) is 0 Å². The van der Waals surface area contributed by atoms with E-state index in [1.54, 1.807) is 36.0 Å². The maximum atomic E-state index is 12.7. The lowest BCUT2D eigenvalue weighted by atomic mass is 10.0. The van der Waals surface area contributed by atoms with Gasteiger partial charge in [0.05, 0.1) is 5.75 Å². The molecule has 0 unspecified atom stereocenters. The monoisotopic (exact) mass is 390 g/mol. The summed E-state index contributed by atoms with van der Waals surface area (Å²) in [6.07, 6.45) is 0.983. The highest BCUT2D eigenvalue weighted by atomic mass is 35.5. The number of hydrogen-bond acceptors (Lipinski definition) is 4. The SMILES string of the molecule is CC(C)(C)SCCCC(=O)C(C)(C)S(=O)(=O)Cc1ccc(Cl)cc1. The third-order valence-electron chi connectivity index (χ3n) is 3.80. The van der Waals surface area contributed by atoms with Crippen molar-refractivity contribution in [1.82, 2.24) is 0 Å². The van der Waals surface area contributed by atoms with E-state index in [0.717, 1.165) is 5.75 Å². The topological polar surface area (TPSA) is 51.2 Å². The predicted molar refractivity (Wildman–Crippen MR) is 105 cm³/mol. The average molecular weight is 391 g/mol. The van der Waals surface area contributed by atoms with E-state index in [4.69, 9.17) is 11.6 Å². The third-order valence-corrected chi connectivity index (χ3v) is 7.91. The summed E-state index contributed by atoms with van der Waals surface area (Å²) >= 11 is 7.60. The lowest BCUT2D eigenvalue weighted by Crippen LogP contribution is -2.41. The smallest absolute Gasteiger partial charge is 0.166 e. The first kappa shape index (κ1) is 21.5. The van der Waals surface area contributed by atoms with Gasteiger partial charge in [-0.05, 0) is 43.7 Å². The van der Waals surface area contributed by atoms with E-state index in [9.17, 15) is 13.2 Å². The zero-order valence-electron chi connectivity index (χ0n) is 15.1. The van der Waals surface area contributed by atoms with E-state index >= 15 is 0 Å². The van der Waals surface area contributed by atoms with Gasteiger partial charge in [-0.15, -0.1) is 0 Å². The van der Waals surface area contributed by atoms with Crippen LogP contribution in [0, 0.1) is 0 Å². The van der Waals surface area contributed by atoms with Crippen LogP contribution in [-0.4, -0.2) is 29.4 Å². The summed E-state index contributed by atoms with van der Waals surface area (Å²) in [4.78, 5) is 12.5. The number of carbonyl (C=O) groups excluding carboxylic acids is 1. The van der Waals surface area contributed by atoms with Gasteiger partial charge in [0.25, 0.3) is 0 Å². The zero-order valence-corrected chi connectivity index (χ0v) is 17.4. The van der Waals surface area contributed by atoms with E-state index in [0.29, 0.717) is 17.0 Å². The lowest BCUT2D eigenvalue weighted by Gasteiger charge is -2.24. The molecule has 0 aromatic heterocycles. The Hall–Kier alpha value is -0.520. The van der Waals surface area contributed by atoms with Crippen LogP contribution in [0.1, 0.15) is 53.0 Å². The van der Waals surface area contributed by atoms with Gasteiger partial charge in [0.2, 0.25) is 0 Å². The highest BCUT2D eigenvalue weighted by Crippen LogP contribution is 2.27. The molecule has 3 nitrogen and oxygen atoms in total. The van der Waals surface area contributed by atoms with Crippen molar-refractivity contribution in [2.24, 2.45) is 0 Å². The lowest BCUT2D eigenvalue weighted by molar-refractivity contribution is -0.120. The zero-order chi connectivity index (χ0) is 18.6. The summed E-state index contributed by atoms with van der Waals surface area (Å²) in [5.41, 5.74) is 0.642. The normalized spacial score (nSPS) is 13.1. The van der Waals surface area contributed by atoms with Gasteiger partial charge < -0.3 is 0 Å². The molecular weight excluding hydrogens is 364 g/mol. The molecule has 0 amide bonds. The van der Waals surface area contributed by atoms with Crippen molar-refractivity contribution < 1.29 is 13.2 Å². The molecule has 1 aromatic rings. The minimum absolute atomic E-state index is 0.152. The van der Waals surface area contributed by atoms with Crippen LogP contribution in [-0.2, 0) is 20.4 Å². The molecule has 0 aliphatic heterocycles. The van der Waals surface area contributed by atoms with Gasteiger partial charge in [-0.2, -0.15) is 11.8 Å². The van der Waals surface area contributed by atoms with Crippen LogP contribution < -0.4 is 0 Å². The van der Waals surface area contributed by atoms with Crippen LogP contribution in [0.4, 0.5) is 0 Å². The van der Waals surface area contributed by atoms with Crippen LogP contribution >= 0.6 is 23.4 Å². The predicted octanol–water partition coefficient (Wildman–Crippen LogP) is 4.91. The van der Waals surface area contributed by atoms with Gasteiger partial charge in [0.15, 0.2) is 15.6 Å². The molecular formula is C18H27ClO3S2. The third kappa shape index (κ3) is 6.41.